The first-order valence-corrected chi connectivity index (χ1v) is 6.30. The largest absolute Gasteiger partial charge is 0.324 e. The Kier molecular flexibility index (Phi) is 2.88. The molecule has 0 aliphatic carbocycles. The van der Waals surface area contributed by atoms with Gasteiger partial charge in [-0.3, -0.25) is 4.79 Å². The fourth-order valence-electron chi connectivity index (χ4n) is 2.07. The first kappa shape index (κ1) is 11.0. The molecule has 0 bridgehead atoms. The molecule has 82 valence electrons. The molecule has 4 heteroatoms. The molecule has 1 unspecified atom stereocenters. The van der Waals surface area contributed by atoms with E-state index in [4.69, 9.17) is 5.26 Å². The van der Waals surface area contributed by atoms with E-state index >= 15 is 0 Å². The summed E-state index contributed by atoms with van der Waals surface area (Å²) in [6, 6.07) is 9.80. The first-order valence-electron chi connectivity index (χ1n) is 5.07. The van der Waals surface area contributed by atoms with Crippen molar-refractivity contribution >= 4 is 23.4 Å². The van der Waals surface area contributed by atoms with Crippen LogP contribution in [0.25, 0.3) is 0 Å². The molecule has 0 radical (unpaired) electrons. The molecule has 0 fully saturated rings. The second-order valence-electron chi connectivity index (χ2n) is 3.69. The van der Waals surface area contributed by atoms with E-state index in [0.717, 1.165) is 11.3 Å². The lowest BCUT2D eigenvalue weighted by molar-refractivity contribution is -0.118. The number of nitrogens with zero attached hydrogens (tertiary/aromatic N) is 1. The number of fused-ring (bicyclic) bond motifs is 1. The predicted octanol–water partition coefficient (Wildman–Crippen LogP) is 2.50. The molecule has 0 saturated heterocycles. The molecular formula is C12H12N2OS. The lowest BCUT2D eigenvalue weighted by Gasteiger charge is -2.23. The SMILES string of the molecule is CSC1(CCC#N)C(=O)Nc2ccccc21. The summed E-state index contributed by atoms with van der Waals surface area (Å²) in [5, 5.41) is 11.6. The van der Waals surface area contributed by atoms with E-state index in [1.807, 2.05) is 30.5 Å². The first-order chi connectivity index (χ1) is 7.74. The molecule has 0 saturated carbocycles. The zero-order chi connectivity index (χ0) is 11.6. The van der Waals surface area contributed by atoms with E-state index in [0.29, 0.717) is 12.8 Å². The standard InChI is InChI=1S/C12H12N2OS/c1-16-12(7-4-8-13)9-5-2-3-6-10(9)14-11(12)15/h2-3,5-6H,4,7H2,1H3,(H,14,15). The number of para-hydroxylation sites is 1. The van der Waals surface area contributed by atoms with Gasteiger partial charge in [0.2, 0.25) is 5.91 Å². The van der Waals surface area contributed by atoms with Crippen LogP contribution in [0.3, 0.4) is 0 Å². The van der Waals surface area contributed by atoms with E-state index in [1.165, 1.54) is 11.8 Å². The van der Waals surface area contributed by atoms with Crippen molar-refractivity contribution in [2.45, 2.75) is 17.6 Å². The van der Waals surface area contributed by atoms with E-state index in [1.54, 1.807) is 0 Å². The summed E-state index contributed by atoms with van der Waals surface area (Å²) in [6.45, 7) is 0. The highest BCUT2D eigenvalue weighted by atomic mass is 32.2. The van der Waals surface area contributed by atoms with Crippen LogP contribution in [-0.4, -0.2) is 12.2 Å². The second-order valence-corrected chi connectivity index (χ2v) is 4.79. The van der Waals surface area contributed by atoms with E-state index in [-0.39, 0.29) is 5.91 Å². The van der Waals surface area contributed by atoms with Gasteiger partial charge in [0.1, 0.15) is 4.75 Å². The molecule has 1 aromatic rings. The molecular weight excluding hydrogens is 220 g/mol. The molecule has 1 aliphatic heterocycles. The topological polar surface area (TPSA) is 52.9 Å². The third kappa shape index (κ3) is 1.48. The summed E-state index contributed by atoms with van der Waals surface area (Å²) in [7, 11) is 0. The maximum atomic E-state index is 12.0. The predicted molar refractivity (Wildman–Crippen MR) is 65.1 cm³/mol. The van der Waals surface area contributed by atoms with Crippen molar-refractivity contribution in [2.24, 2.45) is 0 Å². The van der Waals surface area contributed by atoms with Crippen LogP contribution >= 0.6 is 11.8 Å². The minimum Gasteiger partial charge on any atom is -0.324 e. The van der Waals surface area contributed by atoms with Crippen LogP contribution in [0, 0.1) is 11.3 Å². The minimum atomic E-state index is -0.577. The van der Waals surface area contributed by atoms with Gasteiger partial charge in [0, 0.05) is 17.7 Å². The summed E-state index contributed by atoms with van der Waals surface area (Å²) < 4.78 is -0.577. The molecule has 1 N–H and O–H groups in total. The highest BCUT2D eigenvalue weighted by Crippen LogP contribution is 2.47. The number of hydrogen-bond acceptors (Lipinski definition) is 3. The quantitative estimate of drug-likeness (QED) is 0.871. The summed E-state index contributed by atoms with van der Waals surface area (Å²) in [5.74, 6) is -0.00329. The highest BCUT2D eigenvalue weighted by Gasteiger charge is 2.45. The summed E-state index contributed by atoms with van der Waals surface area (Å²) in [5.41, 5.74) is 1.88. The Labute approximate surface area is 98.8 Å². The number of carbonyl (C=O) groups excluding carboxylic acids is 1. The molecule has 16 heavy (non-hydrogen) atoms. The Morgan fingerprint density at radius 3 is 2.94 bits per heavy atom. The smallest absolute Gasteiger partial charge is 0.245 e. The van der Waals surface area contributed by atoms with Crippen LogP contribution in [0.5, 0.6) is 0 Å². The van der Waals surface area contributed by atoms with Crippen LogP contribution < -0.4 is 5.32 Å². The normalized spacial score (nSPS) is 22.4. The van der Waals surface area contributed by atoms with Crippen LogP contribution in [0.1, 0.15) is 18.4 Å². The van der Waals surface area contributed by atoms with Gasteiger partial charge in [-0.2, -0.15) is 5.26 Å². The third-order valence-electron chi connectivity index (χ3n) is 2.91. The monoisotopic (exact) mass is 232 g/mol. The fourth-order valence-corrected chi connectivity index (χ4v) is 3.02. The van der Waals surface area contributed by atoms with Gasteiger partial charge < -0.3 is 5.32 Å². The molecule has 1 heterocycles. The molecule has 1 aliphatic rings. The maximum Gasteiger partial charge on any atom is 0.245 e. The molecule has 3 nitrogen and oxygen atoms in total. The average molecular weight is 232 g/mol. The highest BCUT2D eigenvalue weighted by molar-refractivity contribution is 8.00. The van der Waals surface area contributed by atoms with Gasteiger partial charge in [-0.05, 0) is 18.7 Å². The number of nitriles is 1. The summed E-state index contributed by atoms with van der Waals surface area (Å²) in [4.78, 5) is 12.0. The Morgan fingerprint density at radius 2 is 2.25 bits per heavy atom. The van der Waals surface area contributed by atoms with Gasteiger partial charge in [-0.1, -0.05) is 18.2 Å². The molecule has 0 spiro atoms. The number of carbonyl (C=O) groups is 1. The maximum absolute atomic E-state index is 12.0. The van der Waals surface area contributed by atoms with E-state index in [9.17, 15) is 4.79 Å². The van der Waals surface area contributed by atoms with Gasteiger partial charge in [0.25, 0.3) is 0 Å². The lowest BCUT2D eigenvalue weighted by atomic mass is 9.95. The Bertz CT molecular complexity index is 466. The van der Waals surface area contributed by atoms with Gasteiger partial charge in [-0.15, -0.1) is 11.8 Å². The summed E-state index contributed by atoms with van der Waals surface area (Å²) in [6.07, 6.45) is 2.87. The van der Waals surface area contributed by atoms with E-state index in [2.05, 4.69) is 11.4 Å². The van der Waals surface area contributed by atoms with Crippen LogP contribution in [0.15, 0.2) is 24.3 Å². The lowest BCUT2D eigenvalue weighted by Crippen LogP contribution is -2.30. The van der Waals surface area contributed by atoms with Crippen molar-refractivity contribution < 1.29 is 4.79 Å². The fraction of sp³-hybridized carbons (Fsp3) is 0.333. The molecule has 1 aromatic carbocycles. The molecule has 1 atom stereocenters. The van der Waals surface area contributed by atoms with Crippen LogP contribution in [0.4, 0.5) is 5.69 Å². The van der Waals surface area contributed by atoms with Gasteiger partial charge in [0.05, 0.1) is 6.07 Å². The van der Waals surface area contributed by atoms with Crippen molar-refractivity contribution in [3.8, 4) is 6.07 Å². The number of anilines is 1. The zero-order valence-corrected chi connectivity index (χ0v) is 9.80. The zero-order valence-electron chi connectivity index (χ0n) is 8.99. The van der Waals surface area contributed by atoms with Gasteiger partial charge in [-0.25, -0.2) is 0 Å². The third-order valence-corrected chi connectivity index (χ3v) is 4.22. The van der Waals surface area contributed by atoms with Crippen LogP contribution in [0.2, 0.25) is 0 Å². The van der Waals surface area contributed by atoms with Crippen molar-refractivity contribution in [1.29, 1.82) is 5.26 Å². The van der Waals surface area contributed by atoms with Gasteiger partial charge >= 0.3 is 0 Å². The Morgan fingerprint density at radius 1 is 1.50 bits per heavy atom. The molecule has 0 aromatic heterocycles. The van der Waals surface area contributed by atoms with E-state index < -0.39 is 4.75 Å². The average Bonchev–Trinajstić information content (AvgIpc) is 2.59. The second kappa shape index (κ2) is 4.18. The van der Waals surface area contributed by atoms with Crippen molar-refractivity contribution in [1.82, 2.24) is 0 Å². The van der Waals surface area contributed by atoms with Crippen molar-refractivity contribution in [2.75, 3.05) is 11.6 Å². The van der Waals surface area contributed by atoms with Crippen molar-refractivity contribution in [3.05, 3.63) is 29.8 Å². The Balaban J connectivity index is 2.46. The van der Waals surface area contributed by atoms with Crippen molar-refractivity contribution in [3.63, 3.8) is 0 Å². The van der Waals surface area contributed by atoms with Crippen LogP contribution in [-0.2, 0) is 9.54 Å². The molecule has 2 rings (SSSR count). The number of rotatable bonds is 3. The van der Waals surface area contributed by atoms with Gasteiger partial charge in [0.15, 0.2) is 0 Å². The number of hydrogen-bond donors (Lipinski definition) is 1. The minimum absolute atomic E-state index is 0.00329. The number of benzene rings is 1. The number of nitrogens with one attached hydrogen (secondary N) is 1. The molecule has 1 amide bonds. The summed E-state index contributed by atoms with van der Waals surface area (Å²) >= 11 is 1.51. The number of thioether (sulfide) groups is 1. The Hall–Kier alpha value is -1.47. The number of amides is 1.